The topological polar surface area (TPSA) is 74.3 Å². The van der Waals surface area contributed by atoms with Crippen molar-refractivity contribution in [3.8, 4) is 0 Å². The zero-order valence-corrected chi connectivity index (χ0v) is 12.3. The highest BCUT2D eigenvalue weighted by Gasteiger charge is 2.53. The average molecular weight is 255 g/mol. The van der Waals surface area contributed by atoms with E-state index in [9.17, 15) is 9.70 Å². The smallest absolute Gasteiger partial charge is 0.325 e. The van der Waals surface area contributed by atoms with Crippen LogP contribution in [0.5, 0.6) is 0 Å². The predicted octanol–water partition coefficient (Wildman–Crippen LogP) is 2.42. The number of hydrogen-bond donors (Lipinski definition) is 1. The van der Waals surface area contributed by atoms with E-state index in [4.69, 9.17) is 5.73 Å². The third-order valence-electron chi connectivity index (χ3n) is 4.23. The molecular formula is C14H27N2O2+. The number of nitroso groups, excluding NO2 is 1. The summed E-state index contributed by atoms with van der Waals surface area (Å²) in [6, 6.07) is 0. The van der Waals surface area contributed by atoms with E-state index in [1.165, 1.54) is 6.21 Å². The van der Waals surface area contributed by atoms with Crippen molar-refractivity contribution in [2.45, 2.75) is 65.8 Å². The number of unbranched alkanes of at least 4 members (excludes halogenated alkanes) is 1. The first kappa shape index (κ1) is 17.0. The van der Waals surface area contributed by atoms with E-state index in [0.717, 1.165) is 25.5 Å². The van der Waals surface area contributed by atoms with Crippen molar-refractivity contribution >= 4 is 12.5 Å². The Morgan fingerprint density at radius 2 is 1.78 bits per heavy atom. The van der Waals surface area contributed by atoms with Crippen LogP contribution < -0.4 is 10.6 Å². The molecule has 0 amide bonds. The number of nitrogens with two attached hydrogens (primary N) is 1. The average Bonchev–Trinajstić information content (AvgIpc) is 2.27. The van der Waals surface area contributed by atoms with Gasteiger partial charge in [-0.3, -0.25) is 0 Å². The number of aldehydes is 1. The van der Waals surface area contributed by atoms with Crippen molar-refractivity contribution in [1.29, 1.82) is 0 Å². The van der Waals surface area contributed by atoms with Gasteiger partial charge in [0.1, 0.15) is 6.29 Å². The van der Waals surface area contributed by atoms with Gasteiger partial charge in [-0.1, -0.05) is 33.6 Å². The molecule has 2 N–H and O–H groups in total. The van der Waals surface area contributed by atoms with Gasteiger partial charge < -0.3 is 10.5 Å². The minimum absolute atomic E-state index is 0.436. The maximum Gasteiger partial charge on any atom is 0.339 e. The van der Waals surface area contributed by atoms with E-state index in [2.05, 4.69) is 11.8 Å². The summed E-state index contributed by atoms with van der Waals surface area (Å²) in [5.74, 6) is 0. The molecule has 0 saturated carbocycles. The van der Waals surface area contributed by atoms with Crippen LogP contribution >= 0.6 is 0 Å². The lowest BCUT2D eigenvalue weighted by Gasteiger charge is -2.51. The molecule has 0 aliphatic rings. The fraction of sp³-hybridized carbons (Fsp3) is 0.857. The summed E-state index contributed by atoms with van der Waals surface area (Å²) in [4.78, 5) is 24.7. The van der Waals surface area contributed by atoms with Crippen molar-refractivity contribution in [2.75, 3.05) is 0 Å². The van der Waals surface area contributed by atoms with Crippen LogP contribution in [0.1, 0.15) is 60.3 Å². The molecule has 0 aliphatic heterocycles. The molecule has 0 aliphatic carbocycles. The number of rotatable bonds is 8. The van der Waals surface area contributed by atoms with Crippen LogP contribution in [0.15, 0.2) is 0 Å². The third kappa shape index (κ3) is 3.27. The van der Waals surface area contributed by atoms with Gasteiger partial charge in [-0.15, -0.1) is 0 Å². The van der Waals surface area contributed by atoms with E-state index < -0.39 is 16.4 Å². The monoisotopic (exact) mass is 255 g/mol. The Morgan fingerprint density at radius 1 is 1.22 bits per heavy atom. The van der Waals surface area contributed by atoms with Crippen molar-refractivity contribution in [3.63, 3.8) is 0 Å². The highest BCUT2D eigenvalue weighted by Crippen LogP contribution is 2.50. The van der Waals surface area contributed by atoms with Crippen LogP contribution in [0.2, 0.25) is 0 Å². The van der Waals surface area contributed by atoms with Gasteiger partial charge in [-0.05, 0) is 20.3 Å². The SMILES string of the molecule is CCCCC(CC=[N+]=O)(C(C)(C)N)C(C)(C)C=O. The van der Waals surface area contributed by atoms with Gasteiger partial charge in [0.05, 0.1) is 6.42 Å². The molecule has 18 heavy (non-hydrogen) atoms. The number of nitrogens with zero attached hydrogens (tertiary/aromatic N) is 1. The summed E-state index contributed by atoms with van der Waals surface area (Å²) in [6.07, 6.45) is 5.55. The lowest BCUT2D eigenvalue weighted by molar-refractivity contribution is -0.125. The molecule has 0 saturated heterocycles. The zero-order valence-electron chi connectivity index (χ0n) is 12.3. The third-order valence-corrected chi connectivity index (χ3v) is 4.23. The van der Waals surface area contributed by atoms with Crippen molar-refractivity contribution in [2.24, 2.45) is 16.6 Å². The summed E-state index contributed by atoms with van der Waals surface area (Å²) >= 11 is 0. The number of carbonyl (C=O) groups is 1. The second-order valence-corrected chi connectivity index (χ2v) is 6.24. The Balaban J connectivity index is 5.68. The van der Waals surface area contributed by atoms with Crippen LogP contribution in [0.4, 0.5) is 0 Å². The lowest BCUT2D eigenvalue weighted by Crippen LogP contribution is -2.59. The standard InChI is InChI=1S/C14H27N2O2/c1-6-7-8-14(9-10-16-18,13(4,5)15)12(2,3)11-17/h10-11H,6-9,15H2,1-5H3/q+1. The van der Waals surface area contributed by atoms with E-state index >= 15 is 0 Å². The maximum absolute atomic E-state index is 11.5. The quantitative estimate of drug-likeness (QED) is 0.411. The van der Waals surface area contributed by atoms with Gasteiger partial charge in [0.15, 0.2) is 4.91 Å². The first-order valence-electron chi connectivity index (χ1n) is 6.58. The van der Waals surface area contributed by atoms with Gasteiger partial charge >= 0.3 is 6.21 Å². The zero-order chi connectivity index (χ0) is 14.4. The summed E-state index contributed by atoms with van der Waals surface area (Å²) in [5, 5.41) is 0. The Morgan fingerprint density at radius 3 is 2.11 bits per heavy atom. The van der Waals surface area contributed by atoms with Crippen molar-refractivity contribution in [3.05, 3.63) is 4.91 Å². The molecule has 104 valence electrons. The summed E-state index contributed by atoms with van der Waals surface area (Å²) < 4.78 is 0. The van der Waals surface area contributed by atoms with Crippen molar-refractivity contribution in [1.82, 2.24) is 4.85 Å². The minimum Gasteiger partial charge on any atom is -0.325 e. The van der Waals surface area contributed by atoms with Gasteiger partial charge in [0.25, 0.3) is 0 Å². The molecule has 4 heteroatoms. The van der Waals surface area contributed by atoms with Crippen LogP contribution in [0.3, 0.4) is 0 Å². The van der Waals surface area contributed by atoms with Crippen LogP contribution in [0.25, 0.3) is 0 Å². The molecule has 4 nitrogen and oxygen atoms in total. The second kappa shape index (κ2) is 6.26. The number of carbonyl (C=O) groups excluding carboxylic acids is 1. The minimum atomic E-state index is -0.596. The predicted molar refractivity (Wildman–Crippen MR) is 76.3 cm³/mol. The summed E-state index contributed by atoms with van der Waals surface area (Å²) in [5.41, 5.74) is 4.73. The van der Waals surface area contributed by atoms with E-state index in [0.29, 0.717) is 6.42 Å². The van der Waals surface area contributed by atoms with Crippen LogP contribution in [0, 0.1) is 15.7 Å². The molecule has 0 bridgehead atoms. The molecule has 0 aromatic carbocycles. The molecule has 0 heterocycles. The highest BCUT2D eigenvalue weighted by molar-refractivity contribution is 5.64. The molecule has 0 spiro atoms. The van der Waals surface area contributed by atoms with Gasteiger partial charge in [0.2, 0.25) is 4.85 Å². The highest BCUT2D eigenvalue weighted by atomic mass is 16.2. The second-order valence-electron chi connectivity index (χ2n) is 6.24. The Kier molecular flexibility index (Phi) is 5.91. The molecule has 0 radical (unpaired) electrons. The first-order chi connectivity index (χ1) is 8.18. The first-order valence-corrected chi connectivity index (χ1v) is 6.58. The molecule has 0 aromatic heterocycles. The Bertz CT molecular complexity index is 325. The molecule has 1 atom stereocenters. The van der Waals surface area contributed by atoms with Gasteiger partial charge in [-0.2, -0.15) is 0 Å². The van der Waals surface area contributed by atoms with Crippen LogP contribution in [-0.4, -0.2) is 18.0 Å². The molecule has 0 rings (SSSR count). The number of hydrogen-bond acceptors (Lipinski definition) is 3. The fourth-order valence-electron chi connectivity index (χ4n) is 2.89. The fourth-order valence-corrected chi connectivity index (χ4v) is 2.89. The van der Waals surface area contributed by atoms with Crippen LogP contribution in [-0.2, 0) is 4.79 Å². The van der Waals surface area contributed by atoms with Crippen molar-refractivity contribution < 1.29 is 4.79 Å². The van der Waals surface area contributed by atoms with Gasteiger partial charge in [-0.25, -0.2) is 0 Å². The van der Waals surface area contributed by atoms with Gasteiger partial charge in [0, 0.05) is 16.4 Å². The Hall–Kier alpha value is -0.990. The van der Waals surface area contributed by atoms with E-state index in [-0.39, 0.29) is 0 Å². The Labute approximate surface area is 110 Å². The molecular weight excluding hydrogens is 228 g/mol. The largest absolute Gasteiger partial charge is 0.339 e. The lowest BCUT2D eigenvalue weighted by atomic mass is 9.53. The summed E-state index contributed by atoms with van der Waals surface area (Å²) in [6.45, 7) is 9.73. The molecule has 0 fully saturated rings. The summed E-state index contributed by atoms with van der Waals surface area (Å²) in [7, 11) is 0. The molecule has 1 unspecified atom stereocenters. The van der Waals surface area contributed by atoms with E-state index in [1.807, 2.05) is 27.7 Å². The maximum atomic E-state index is 11.5. The normalized spacial score (nSPS) is 15.7. The molecule has 0 aromatic rings. The van der Waals surface area contributed by atoms with E-state index in [1.54, 1.807) is 0 Å².